The molecule has 1 unspecified atom stereocenters. The molecule has 0 aromatic heterocycles. The van der Waals surface area contributed by atoms with Crippen LogP contribution in [-0.2, 0) is 19.3 Å². The lowest BCUT2D eigenvalue weighted by Crippen LogP contribution is -2.16. The zero-order valence-corrected chi connectivity index (χ0v) is 16.3. The van der Waals surface area contributed by atoms with Gasteiger partial charge in [0.1, 0.15) is 5.75 Å². The van der Waals surface area contributed by atoms with E-state index < -0.39 is 6.36 Å². The van der Waals surface area contributed by atoms with Crippen LogP contribution >= 0.6 is 0 Å². The summed E-state index contributed by atoms with van der Waals surface area (Å²) in [4.78, 5) is 0. The van der Waals surface area contributed by atoms with E-state index in [0.29, 0.717) is 5.92 Å². The van der Waals surface area contributed by atoms with Gasteiger partial charge in [0.05, 0.1) is 0 Å². The maximum Gasteiger partial charge on any atom is 0.573 e. The summed E-state index contributed by atoms with van der Waals surface area (Å²) in [7, 11) is 0. The number of fused-ring (bicyclic) bond motifs is 1. The van der Waals surface area contributed by atoms with Crippen molar-refractivity contribution in [2.24, 2.45) is 0 Å². The molecule has 1 aliphatic rings. The first-order chi connectivity index (χ1) is 13.9. The van der Waals surface area contributed by atoms with Crippen LogP contribution in [0, 0.1) is 0 Å². The van der Waals surface area contributed by atoms with Crippen LogP contribution < -0.4 is 4.74 Å². The summed E-state index contributed by atoms with van der Waals surface area (Å²) >= 11 is 0. The van der Waals surface area contributed by atoms with Gasteiger partial charge < -0.3 is 4.74 Å². The highest BCUT2D eigenvalue weighted by molar-refractivity contribution is 5.66. The van der Waals surface area contributed by atoms with Gasteiger partial charge in [0.15, 0.2) is 0 Å². The third-order valence-corrected chi connectivity index (χ3v) is 5.72. The van der Waals surface area contributed by atoms with Crippen molar-refractivity contribution in [1.29, 1.82) is 0 Å². The van der Waals surface area contributed by atoms with Gasteiger partial charge in [-0.2, -0.15) is 0 Å². The van der Waals surface area contributed by atoms with Crippen molar-refractivity contribution < 1.29 is 17.9 Å². The number of hydrogen-bond acceptors (Lipinski definition) is 1. The number of hydrogen-bond donors (Lipinski definition) is 0. The van der Waals surface area contributed by atoms with Crippen LogP contribution in [0.2, 0.25) is 0 Å². The second kappa shape index (κ2) is 7.94. The molecule has 0 bridgehead atoms. The molecule has 3 aromatic carbocycles. The molecule has 0 saturated heterocycles. The highest BCUT2D eigenvalue weighted by Gasteiger charge is 2.31. The third-order valence-electron chi connectivity index (χ3n) is 5.72. The van der Waals surface area contributed by atoms with Crippen molar-refractivity contribution in [1.82, 2.24) is 0 Å². The SMILES string of the molecule is CCc1ccc(C2CCc3cc(-c4ccc(OC(F)(F)F)cc4)ccc3C2)cc1. The van der Waals surface area contributed by atoms with E-state index in [1.807, 2.05) is 0 Å². The minimum absolute atomic E-state index is 0.198. The summed E-state index contributed by atoms with van der Waals surface area (Å²) in [5, 5.41) is 0. The lowest BCUT2D eigenvalue weighted by molar-refractivity contribution is -0.274. The molecule has 29 heavy (non-hydrogen) atoms. The molecule has 1 nitrogen and oxygen atoms in total. The summed E-state index contributed by atoms with van der Waals surface area (Å²) in [5.74, 6) is 0.342. The Bertz CT molecular complexity index is 972. The second-order valence-electron chi connectivity index (χ2n) is 7.59. The molecular formula is C25H23F3O. The quantitative estimate of drug-likeness (QED) is 0.457. The van der Waals surface area contributed by atoms with Crippen molar-refractivity contribution >= 4 is 0 Å². The lowest BCUT2D eigenvalue weighted by atomic mass is 9.79. The molecule has 0 N–H and O–H groups in total. The standard InChI is InChI=1S/C25H23F3O/c1-2-17-3-5-18(6-4-17)20-7-9-23-16-21(8-10-22(23)15-20)19-11-13-24(14-12-19)29-25(26,27)28/h3-6,8,10-14,16,20H,2,7,9,15H2,1H3. The van der Waals surface area contributed by atoms with Gasteiger partial charge in [-0.05, 0) is 77.1 Å². The molecule has 0 fully saturated rings. The molecule has 3 aromatic rings. The Morgan fingerprint density at radius 2 is 1.55 bits per heavy atom. The fraction of sp³-hybridized carbons (Fsp3) is 0.280. The number of alkyl halides is 3. The summed E-state index contributed by atoms with van der Waals surface area (Å²) in [6.07, 6.45) is -0.459. The zero-order chi connectivity index (χ0) is 20.4. The predicted octanol–water partition coefficient (Wildman–Crippen LogP) is 7.09. The molecule has 0 saturated carbocycles. The molecule has 0 radical (unpaired) electrons. The van der Waals surface area contributed by atoms with E-state index in [4.69, 9.17) is 0 Å². The van der Waals surface area contributed by atoms with Crippen LogP contribution in [0.15, 0.2) is 66.7 Å². The largest absolute Gasteiger partial charge is 0.573 e. The number of benzene rings is 3. The Morgan fingerprint density at radius 3 is 2.21 bits per heavy atom. The van der Waals surface area contributed by atoms with E-state index in [0.717, 1.165) is 36.8 Å². The van der Waals surface area contributed by atoms with E-state index in [1.54, 1.807) is 12.1 Å². The van der Waals surface area contributed by atoms with E-state index in [-0.39, 0.29) is 5.75 Å². The summed E-state index contributed by atoms with van der Waals surface area (Å²) in [5.41, 5.74) is 7.37. The molecule has 0 aliphatic heterocycles. The Kier molecular flexibility index (Phi) is 5.35. The van der Waals surface area contributed by atoms with Crippen molar-refractivity contribution in [3.8, 4) is 16.9 Å². The number of rotatable bonds is 4. The Balaban J connectivity index is 1.50. The molecule has 0 amide bonds. The smallest absolute Gasteiger partial charge is 0.406 e. The molecule has 150 valence electrons. The molecule has 0 spiro atoms. The van der Waals surface area contributed by atoms with Crippen molar-refractivity contribution in [2.45, 2.75) is 44.9 Å². The van der Waals surface area contributed by atoms with Gasteiger partial charge in [-0.15, -0.1) is 13.2 Å². The molecular weight excluding hydrogens is 373 g/mol. The molecule has 1 aliphatic carbocycles. The average molecular weight is 396 g/mol. The lowest BCUT2D eigenvalue weighted by Gasteiger charge is -2.26. The molecule has 0 heterocycles. The minimum atomic E-state index is -4.67. The summed E-state index contributed by atoms with van der Waals surface area (Å²) in [6, 6.07) is 21.4. The first-order valence-corrected chi connectivity index (χ1v) is 9.98. The van der Waals surface area contributed by atoms with Crippen LogP contribution in [0.3, 0.4) is 0 Å². The third kappa shape index (κ3) is 4.64. The van der Waals surface area contributed by atoms with Gasteiger partial charge in [0.2, 0.25) is 0 Å². The normalized spacial score (nSPS) is 16.3. The second-order valence-corrected chi connectivity index (χ2v) is 7.59. The highest BCUT2D eigenvalue weighted by Crippen LogP contribution is 2.35. The maximum atomic E-state index is 12.3. The average Bonchev–Trinajstić information content (AvgIpc) is 2.72. The van der Waals surface area contributed by atoms with Crippen LogP contribution in [-0.4, -0.2) is 6.36 Å². The number of ether oxygens (including phenoxy) is 1. The number of aryl methyl sites for hydroxylation is 2. The highest BCUT2D eigenvalue weighted by atomic mass is 19.4. The van der Waals surface area contributed by atoms with E-state index >= 15 is 0 Å². The Hall–Kier alpha value is -2.75. The molecule has 4 rings (SSSR count). The van der Waals surface area contributed by atoms with E-state index in [2.05, 4.69) is 54.1 Å². The van der Waals surface area contributed by atoms with Gasteiger partial charge >= 0.3 is 6.36 Å². The molecule has 4 heteroatoms. The van der Waals surface area contributed by atoms with Crippen molar-refractivity contribution in [3.05, 3.63) is 89.0 Å². The van der Waals surface area contributed by atoms with Crippen LogP contribution in [0.1, 0.15) is 41.5 Å². The van der Waals surface area contributed by atoms with Crippen LogP contribution in [0.5, 0.6) is 5.75 Å². The van der Waals surface area contributed by atoms with Gasteiger partial charge in [0.25, 0.3) is 0 Å². The predicted molar refractivity (Wildman–Crippen MR) is 109 cm³/mol. The fourth-order valence-corrected chi connectivity index (χ4v) is 4.09. The van der Waals surface area contributed by atoms with Crippen LogP contribution in [0.4, 0.5) is 13.2 Å². The van der Waals surface area contributed by atoms with Gasteiger partial charge in [-0.3, -0.25) is 0 Å². The summed E-state index contributed by atoms with van der Waals surface area (Å²) in [6.45, 7) is 2.17. The topological polar surface area (TPSA) is 9.23 Å². The van der Waals surface area contributed by atoms with Crippen molar-refractivity contribution in [3.63, 3.8) is 0 Å². The Labute approximate surface area is 169 Å². The first kappa shape index (κ1) is 19.6. The maximum absolute atomic E-state index is 12.3. The van der Waals surface area contributed by atoms with Gasteiger partial charge in [0, 0.05) is 0 Å². The van der Waals surface area contributed by atoms with Crippen molar-refractivity contribution in [2.75, 3.05) is 0 Å². The monoisotopic (exact) mass is 396 g/mol. The van der Waals surface area contributed by atoms with Gasteiger partial charge in [-0.1, -0.05) is 61.5 Å². The van der Waals surface area contributed by atoms with Crippen LogP contribution in [0.25, 0.3) is 11.1 Å². The molecule has 1 atom stereocenters. The van der Waals surface area contributed by atoms with E-state index in [1.165, 1.54) is 34.4 Å². The van der Waals surface area contributed by atoms with E-state index in [9.17, 15) is 13.2 Å². The Morgan fingerprint density at radius 1 is 0.862 bits per heavy atom. The minimum Gasteiger partial charge on any atom is -0.406 e. The van der Waals surface area contributed by atoms with Gasteiger partial charge in [-0.25, -0.2) is 0 Å². The summed E-state index contributed by atoms with van der Waals surface area (Å²) < 4.78 is 40.9. The fourth-order valence-electron chi connectivity index (χ4n) is 4.09. The first-order valence-electron chi connectivity index (χ1n) is 9.98. The number of halogens is 3. The zero-order valence-electron chi connectivity index (χ0n) is 16.3.